The van der Waals surface area contributed by atoms with Crippen molar-refractivity contribution >= 4 is 23.7 Å². The molecule has 2 rings (SSSR count). The average Bonchev–Trinajstić information content (AvgIpc) is 2.71. The molecular weight excluding hydrogens is 360 g/mol. The number of ether oxygens (including phenoxy) is 3. The summed E-state index contributed by atoms with van der Waals surface area (Å²) in [5.41, 5.74) is 8.78. The average molecular weight is 386 g/mol. The zero-order valence-electron chi connectivity index (χ0n) is 16.5. The molecule has 0 saturated carbocycles. The molecule has 0 unspecified atom stereocenters. The van der Waals surface area contributed by atoms with Crippen LogP contribution in [0.5, 0.6) is 17.2 Å². The topological polar surface area (TPSA) is 103 Å². The number of carbonyl (C=O) groups excluding carboxylic acids is 1. The third-order valence-corrected chi connectivity index (χ3v) is 4.17. The number of nitrogens with two attached hydrogens (primary N) is 1. The Bertz CT molecular complexity index is 864. The summed E-state index contributed by atoms with van der Waals surface area (Å²) in [6.07, 6.45) is 3.84. The van der Waals surface area contributed by atoms with E-state index in [0.29, 0.717) is 22.9 Å². The molecule has 0 aromatic heterocycles. The first-order valence-electron chi connectivity index (χ1n) is 8.69. The molecule has 7 heteroatoms. The minimum atomic E-state index is -1.00. The van der Waals surface area contributed by atoms with Gasteiger partial charge in [0.15, 0.2) is 11.5 Å². The maximum atomic E-state index is 12.0. The van der Waals surface area contributed by atoms with Crippen LogP contribution in [0.1, 0.15) is 16.7 Å². The molecule has 7 nitrogen and oxygen atoms in total. The summed E-state index contributed by atoms with van der Waals surface area (Å²) >= 11 is 0. The Morgan fingerprint density at radius 1 is 1.07 bits per heavy atom. The molecule has 0 radical (unpaired) electrons. The normalized spacial score (nSPS) is 11.9. The highest BCUT2D eigenvalue weighted by Crippen LogP contribution is 2.33. The summed E-state index contributed by atoms with van der Waals surface area (Å²) in [7, 11) is 4.72. The standard InChI is InChI=1S/C21H26N2O5/c1-13-9-15(11-19(27-3)20(13)28-4)6-5-14-7-8-18(26-2)17(10-14)23-21(25)16(22)12-24/h5-11,16,24H,12,22H2,1-4H3,(H,23,25)/b6-5-/t16-/m0/s1. The van der Waals surface area contributed by atoms with Crippen molar-refractivity contribution in [3.63, 3.8) is 0 Å². The highest BCUT2D eigenvalue weighted by molar-refractivity contribution is 5.96. The van der Waals surface area contributed by atoms with Gasteiger partial charge in [-0.15, -0.1) is 0 Å². The van der Waals surface area contributed by atoms with Crippen molar-refractivity contribution < 1.29 is 24.1 Å². The number of carbonyl (C=O) groups is 1. The number of aliphatic hydroxyl groups is 1. The third kappa shape index (κ3) is 5.03. The minimum absolute atomic E-state index is 0.438. The Morgan fingerprint density at radius 3 is 2.36 bits per heavy atom. The molecule has 28 heavy (non-hydrogen) atoms. The lowest BCUT2D eigenvalue weighted by Gasteiger charge is -2.13. The highest BCUT2D eigenvalue weighted by atomic mass is 16.5. The van der Waals surface area contributed by atoms with Crippen molar-refractivity contribution in [3.8, 4) is 17.2 Å². The van der Waals surface area contributed by atoms with E-state index in [1.54, 1.807) is 26.4 Å². The molecule has 0 bridgehead atoms. The molecule has 2 aromatic rings. The van der Waals surface area contributed by atoms with Gasteiger partial charge in [0, 0.05) is 0 Å². The van der Waals surface area contributed by atoms with Crippen LogP contribution >= 0.6 is 0 Å². The van der Waals surface area contributed by atoms with E-state index in [-0.39, 0.29) is 0 Å². The summed E-state index contributed by atoms with van der Waals surface area (Å²) in [6.45, 7) is 1.51. The molecule has 1 amide bonds. The van der Waals surface area contributed by atoms with E-state index in [1.165, 1.54) is 7.11 Å². The van der Waals surface area contributed by atoms with Gasteiger partial charge in [-0.3, -0.25) is 4.79 Å². The van der Waals surface area contributed by atoms with E-state index in [1.807, 2.05) is 37.3 Å². The molecule has 2 aromatic carbocycles. The number of anilines is 1. The van der Waals surface area contributed by atoms with Gasteiger partial charge in [0.05, 0.1) is 33.6 Å². The number of rotatable bonds is 8. The Balaban J connectivity index is 2.30. The second kappa shape index (κ2) is 9.77. The van der Waals surface area contributed by atoms with Crippen molar-refractivity contribution in [1.29, 1.82) is 0 Å². The fourth-order valence-corrected chi connectivity index (χ4v) is 2.71. The predicted molar refractivity (Wildman–Crippen MR) is 110 cm³/mol. The van der Waals surface area contributed by atoms with Crippen molar-refractivity contribution in [3.05, 3.63) is 47.0 Å². The van der Waals surface area contributed by atoms with Gasteiger partial charge in [-0.2, -0.15) is 0 Å². The van der Waals surface area contributed by atoms with Gasteiger partial charge in [0.25, 0.3) is 0 Å². The van der Waals surface area contributed by atoms with Crippen LogP contribution < -0.4 is 25.3 Å². The lowest BCUT2D eigenvalue weighted by molar-refractivity contribution is -0.118. The largest absolute Gasteiger partial charge is 0.495 e. The molecule has 0 saturated heterocycles. The van der Waals surface area contributed by atoms with E-state index < -0.39 is 18.6 Å². The van der Waals surface area contributed by atoms with Gasteiger partial charge in [-0.25, -0.2) is 0 Å². The van der Waals surface area contributed by atoms with Crippen LogP contribution in [-0.2, 0) is 4.79 Å². The van der Waals surface area contributed by atoms with Gasteiger partial charge >= 0.3 is 0 Å². The maximum absolute atomic E-state index is 12.0. The summed E-state index contributed by atoms with van der Waals surface area (Å²) in [4.78, 5) is 12.0. The predicted octanol–water partition coefficient (Wildman–Crippen LogP) is 2.45. The molecule has 0 fully saturated rings. The lowest BCUT2D eigenvalue weighted by atomic mass is 10.1. The lowest BCUT2D eigenvalue weighted by Crippen LogP contribution is -2.38. The molecule has 0 aliphatic rings. The molecule has 150 valence electrons. The molecule has 1 atom stereocenters. The van der Waals surface area contributed by atoms with Crippen molar-refractivity contribution in [1.82, 2.24) is 0 Å². The van der Waals surface area contributed by atoms with Gasteiger partial charge in [0.2, 0.25) is 5.91 Å². The third-order valence-electron chi connectivity index (χ3n) is 4.17. The molecule has 0 spiro atoms. The highest BCUT2D eigenvalue weighted by Gasteiger charge is 2.14. The quantitative estimate of drug-likeness (QED) is 0.602. The Labute approximate surface area is 164 Å². The fourth-order valence-electron chi connectivity index (χ4n) is 2.71. The molecule has 0 heterocycles. The number of amides is 1. The van der Waals surface area contributed by atoms with E-state index in [9.17, 15) is 4.79 Å². The first kappa shape index (κ1) is 21.3. The van der Waals surface area contributed by atoms with Gasteiger partial charge < -0.3 is 30.4 Å². The number of hydrogen-bond donors (Lipinski definition) is 3. The number of methoxy groups -OCH3 is 3. The van der Waals surface area contributed by atoms with Crippen LogP contribution in [0.25, 0.3) is 12.2 Å². The maximum Gasteiger partial charge on any atom is 0.243 e. The summed E-state index contributed by atoms with van der Waals surface area (Å²) in [6, 6.07) is 8.26. The van der Waals surface area contributed by atoms with Crippen LogP contribution in [0.2, 0.25) is 0 Å². The first-order valence-corrected chi connectivity index (χ1v) is 8.69. The number of nitrogens with one attached hydrogen (secondary N) is 1. The van der Waals surface area contributed by atoms with Crippen LogP contribution in [0.15, 0.2) is 30.3 Å². The van der Waals surface area contributed by atoms with Crippen molar-refractivity contribution in [2.24, 2.45) is 5.73 Å². The Hall–Kier alpha value is -3.03. The van der Waals surface area contributed by atoms with E-state index in [0.717, 1.165) is 16.7 Å². The van der Waals surface area contributed by atoms with Gasteiger partial charge in [0.1, 0.15) is 11.8 Å². The molecular formula is C21H26N2O5. The van der Waals surface area contributed by atoms with Gasteiger partial charge in [-0.1, -0.05) is 18.2 Å². The van der Waals surface area contributed by atoms with Crippen molar-refractivity contribution in [2.75, 3.05) is 33.3 Å². The summed E-state index contributed by atoms with van der Waals surface area (Å²) in [5.74, 6) is 1.37. The Morgan fingerprint density at radius 2 is 1.75 bits per heavy atom. The second-order valence-electron chi connectivity index (χ2n) is 6.14. The minimum Gasteiger partial charge on any atom is -0.495 e. The number of aryl methyl sites for hydroxylation is 1. The second-order valence-corrected chi connectivity index (χ2v) is 6.14. The van der Waals surface area contributed by atoms with Crippen LogP contribution in [-0.4, -0.2) is 45.0 Å². The summed E-state index contributed by atoms with van der Waals surface area (Å²) in [5, 5.41) is 11.7. The summed E-state index contributed by atoms with van der Waals surface area (Å²) < 4.78 is 16.0. The zero-order chi connectivity index (χ0) is 20.7. The van der Waals surface area contributed by atoms with Crippen LogP contribution in [0, 0.1) is 6.92 Å². The number of aliphatic hydroxyl groups excluding tert-OH is 1. The SMILES string of the molecule is COc1ccc(/C=C\c2cc(C)c(OC)c(OC)c2)cc1NC(=O)[C@@H](N)CO. The number of hydrogen-bond acceptors (Lipinski definition) is 6. The van der Waals surface area contributed by atoms with Crippen LogP contribution in [0.3, 0.4) is 0 Å². The van der Waals surface area contributed by atoms with Gasteiger partial charge in [-0.05, 0) is 47.9 Å². The smallest absolute Gasteiger partial charge is 0.243 e. The first-order chi connectivity index (χ1) is 13.4. The molecule has 4 N–H and O–H groups in total. The van der Waals surface area contributed by atoms with E-state index in [4.69, 9.17) is 25.1 Å². The fraction of sp³-hybridized carbons (Fsp3) is 0.286. The van der Waals surface area contributed by atoms with Crippen molar-refractivity contribution in [2.45, 2.75) is 13.0 Å². The Kier molecular flexibility index (Phi) is 7.43. The zero-order valence-corrected chi connectivity index (χ0v) is 16.5. The number of benzene rings is 2. The van der Waals surface area contributed by atoms with Crippen LogP contribution in [0.4, 0.5) is 5.69 Å². The monoisotopic (exact) mass is 386 g/mol. The molecule has 0 aliphatic carbocycles. The molecule has 0 aliphatic heterocycles. The van der Waals surface area contributed by atoms with E-state index >= 15 is 0 Å². The van der Waals surface area contributed by atoms with E-state index in [2.05, 4.69) is 5.32 Å².